The largest absolute Gasteiger partial charge is 0.483 e. The second-order valence-corrected chi connectivity index (χ2v) is 11.8. The van der Waals surface area contributed by atoms with Gasteiger partial charge in [-0.3, -0.25) is 9.52 Å². The van der Waals surface area contributed by atoms with E-state index < -0.39 is 26.6 Å². The molecule has 1 saturated carbocycles. The van der Waals surface area contributed by atoms with Crippen molar-refractivity contribution in [2.75, 3.05) is 36.8 Å². The van der Waals surface area contributed by atoms with E-state index in [9.17, 15) is 8.42 Å². The van der Waals surface area contributed by atoms with Gasteiger partial charge in [0.25, 0.3) is 16.5 Å². The average molecular weight is 554 g/mol. The van der Waals surface area contributed by atoms with E-state index in [0.29, 0.717) is 18.8 Å². The number of nitrogens with zero attached hydrogens (tertiary/aromatic N) is 4. The van der Waals surface area contributed by atoms with E-state index in [1.165, 1.54) is 50.8 Å². The first-order chi connectivity index (χ1) is 18.1. The van der Waals surface area contributed by atoms with Crippen LogP contribution in [0.15, 0.2) is 35.6 Å². The first kappa shape index (κ1) is 29.7. The molecule has 210 valence electrons. The van der Waals surface area contributed by atoms with Gasteiger partial charge in [-0.05, 0) is 63.9 Å². The van der Waals surface area contributed by atoms with Crippen LogP contribution in [0.2, 0.25) is 0 Å². The number of rotatable bonds is 8. The predicted molar refractivity (Wildman–Crippen MR) is 142 cm³/mol. The van der Waals surface area contributed by atoms with Crippen molar-refractivity contribution in [3.63, 3.8) is 0 Å². The molecule has 1 saturated heterocycles. The second kappa shape index (κ2) is 13.3. The third-order valence-corrected chi connectivity index (χ3v) is 9.09. The number of carbonyl (C=O) groups is 1. The molecule has 0 spiro atoms. The molecule has 0 radical (unpaired) electrons. The van der Waals surface area contributed by atoms with Gasteiger partial charge in [-0.25, -0.2) is 27.2 Å². The molecule has 2 aromatic rings. The minimum atomic E-state index is -4.50. The Balaban J connectivity index is 0.00000127. The van der Waals surface area contributed by atoms with Crippen molar-refractivity contribution < 1.29 is 27.1 Å². The number of likely N-dealkylation sites (N-methyl/N-ethyl adjacent to an activating group) is 1. The second-order valence-electron chi connectivity index (χ2n) is 10.2. The van der Waals surface area contributed by atoms with E-state index in [0.717, 1.165) is 43.6 Å². The van der Waals surface area contributed by atoms with Crippen molar-refractivity contribution in [3.8, 4) is 0 Å². The van der Waals surface area contributed by atoms with Crippen LogP contribution >= 0.6 is 0 Å². The zero-order valence-electron chi connectivity index (χ0n) is 21.9. The molecular weight excluding hydrogens is 516 g/mol. The Hall–Kier alpha value is -2.86. The lowest BCUT2D eigenvalue weighted by Gasteiger charge is -2.48. The van der Waals surface area contributed by atoms with Gasteiger partial charge in [0.2, 0.25) is 0 Å². The van der Waals surface area contributed by atoms with Gasteiger partial charge in [-0.2, -0.15) is 0 Å². The van der Waals surface area contributed by atoms with Gasteiger partial charge in [0.15, 0.2) is 4.90 Å². The minimum absolute atomic E-state index is 0.0624. The number of aromatic nitrogens is 2. The summed E-state index contributed by atoms with van der Waals surface area (Å²) in [7, 11) is -0.330. The Morgan fingerprint density at radius 3 is 2.42 bits per heavy atom. The van der Waals surface area contributed by atoms with Crippen LogP contribution in [-0.2, 0) is 14.8 Å². The van der Waals surface area contributed by atoms with Crippen molar-refractivity contribution in [3.05, 3.63) is 42.4 Å². The fourth-order valence-corrected chi connectivity index (χ4v) is 6.73. The van der Waals surface area contributed by atoms with Gasteiger partial charge >= 0.3 is 0 Å². The molecule has 12 heteroatoms. The van der Waals surface area contributed by atoms with Gasteiger partial charge < -0.3 is 14.9 Å². The smallest absolute Gasteiger partial charge is 0.290 e. The van der Waals surface area contributed by atoms with Gasteiger partial charge in [-0.15, -0.1) is 0 Å². The molecule has 0 bridgehead atoms. The van der Waals surface area contributed by atoms with Crippen LogP contribution in [0.5, 0.6) is 0 Å². The van der Waals surface area contributed by atoms with Crippen molar-refractivity contribution >= 4 is 28.0 Å². The van der Waals surface area contributed by atoms with Crippen molar-refractivity contribution in [2.45, 2.75) is 68.2 Å². The molecule has 1 aromatic heterocycles. The third kappa shape index (κ3) is 7.37. The van der Waals surface area contributed by atoms with Gasteiger partial charge in [-0.1, -0.05) is 32.1 Å². The number of anilines is 2. The number of benzene rings is 1. The van der Waals surface area contributed by atoms with Gasteiger partial charge in [0, 0.05) is 30.5 Å². The van der Waals surface area contributed by atoms with E-state index in [1.807, 2.05) is 4.90 Å². The number of hydrogen-bond donors (Lipinski definition) is 2. The van der Waals surface area contributed by atoms with E-state index >= 15 is 8.78 Å². The summed E-state index contributed by atoms with van der Waals surface area (Å²) < 4.78 is 57.6. The Morgan fingerprint density at radius 1 is 1.18 bits per heavy atom. The molecule has 1 aliphatic heterocycles. The Kier molecular flexibility index (Phi) is 10.4. The summed E-state index contributed by atoms with van der Waals surface area (Å²) in [6.45, 7) is 1.07. The molecular formula is C26H37F2N5O4S. The third-order valence-electron chi connectivity index (χ3n) is 7.68. The van der Waals surface area contributed by atoms with Gasteiger partial charge in [0.1, 0.15) is 23.8 Å². The lowest BCUT2D eigenvalue weighted by Crippen LogP contribution is -2.56. The van der Waals surface area contributed by atoms with Gasteiger partial charge in [0.05, 0.1) is 0 Å². The van der Waals surface area contributed by atoms with Crippen molar-refractivity contribution in [2.24, 2.45) is 5.92 Å². The molecule has 0 unspecified atom stereocenters. The van der Waals surface area contributed by atoms with Crippen LogP contribution in [0, 0.1) is 17.6 Å². The summed E-state index contributed by atoms with van der Waals surface area (Å²) in [6.07, 6.45) is 13.2. The molecule has 1 aliphatic carbocycles. The topological polar surface area (TPSA) is 116 Å². The molecule has 38 heavy (non-hydrogen) atoms. The first-order valence-electron chi connectivity index (χ1n) is 12.9. The summed E-state index contributed by atoms with van der Waals surface area (Å²) >= 11 is 0. The van der Waals surface area contributed by atoms with E-state index in [2.05, 4.69) is 33.7 Å². The molecule has 2 fully saturated rings. The Labute approximate surface area is 223 Å². The number of halogens is 2. The van der Waals surface area contributed by atoms with Crippen LogP contribution in [0.4, 0.5) is 20.3 Å². The predicted octanol–water partition coefficient (Wildman–Crippen LogP) is 4.52. The van der Waals surface area contributed by atoms with Crippen LogP contribution in [0.1, 0.15) is 57.8 Å². The molecule has 2 aliphatic rings. The Morgan fingerprint density at radius 2 is 1.84 bits per heavy atom. The lowest BCUT2D eigenvalue weighted by molar-refractivity contribution is -0.122. The fraction of sp³-hybridized carbons (Fsp3) is 0.577. The highest BCUT2D eigenvalue weighted by Gasteiger charge is 2.38. The number of sulfonamides is 1. The number of piperidine rings is 1. The normalized spacial score (nSPS) is 20.5. The van der Waals surface area contributed by atoms with E-state index in [-0.39, 0.29) is 17.8 Å². The first-order valence-corrected chi connectivity index (χ1v) is 14.4. The van der Waals surface area contributed by atoms with Crippen molar-refractivity contribution in [1.82, 2.24) is 14.9 Å². The fourth-order valence-electron chi connectivity index (χ4n) is 5.60. The van der Waals surface area contributed by atoms with E-state index in [4.69, 9.17) is 9.90 Å². The summed E-state index contributed by atoms with van der Waals surface area (Å²) in [6, 6.07) is 3.57. The van der Waals surface area contributed by atoms with Crippen LogP contribution in [0.25, 0.3) is 0 Å². The zero-order chi connectivity index (χ0) is 27.8. The van der Waals surface area contributed by atoms with Crippen LogP contribution in [0.3, 0.4) is 0 Å². The summed E-state index contributed by atoms with van der Waals surface area (Å²) in [4.78, 5) is 19.1. The number of hydrogen-bond acceptors (Lipinski definition) is 7. The zero-order valence-corrected chi connectivity index (χ0v) is 22.8. The standard InChI is InChI=1S/C25H35F2N5O2S.CH2O2/c1-31(2)25(12-9-19-7-4-3-5-8-19)11-6-14-32(17-25)20-15-21(26)24(22(27)16-20)35(33,34)30-23-10-13-28-18-29-23;2-1-3/h10,13,15-16,18-19H,3-9,11-12,14,17H2,1-2H3,(H,28,29,30);1H,(H,2,3)/t25-;/m1./s1. The molecule has 2 heterocycles. The number of carboxylic acid groups (broad SMARTS) is 1. The summed E-state index contributed by atoms with van der Waals surface area (Å²) in [5.41, 5.74) is 0.284. The van der Waals surface area contributed by atoms with Crippen LogP contribution < -0.4 is 9.62 Å². The molecule has 4 rings (SSSR count). The quantitative estimate of drug-likeness (QED) is 0.459. The molecule has 0 amide bonds. The maximum absolute atomic E-state index is 15.1. The summed E-state index contributed by atoms with van der Waals surface area (Å²) in [5, 5.41) is 6.89. The van der Waals surface area contributed by atoms with Crippen LogP contribution in [-0.4, -0.2) is 67.6 Å². The van der Waals surface area contributed by atoms with E-state index in [1.54, 1.807) is 0 Å². The maximum atomic E-state index is 15.1. The molecule has 2 N–H and O–H groups in total. The molecule has 9 nitrogen and oxygen atoms in total. The highest BCUT2D eigenvalue weighted by Crippen LogP contribution is 2.37. The highest BCUT2D eigenvalue weighted by molar-refractivity contribution is 7.92. The summed E-state index contributed by atoms with van der Waals surface area (Å²) in [5.74, 6) is -1.54. The lowest BCUT2D eigenvalue weighted by atomic mass is 9.78. The highest BCUT2D eigenvalue weighted by atomic mass is 32.2. The van der Waals surface area contributed by atoms with Crippen molar-refractivity contribution in [1.29, 1.82) is 0 Å². The number of nitrogens with one attached hydrogen (secondary N) is 1. The SMILES string of the molecule is CN(C)[C@@]1(CCC2CCCCC2)CCCN(c2cc(F)c(S(=O)(=O)Nc3ccncn3)c(F)c2)C1.O=CO. The molecule has 1 aromatic carbocycles. The average Bonchev–Trinajstić information content (AvgIpc) is 2.88. The Bertz CT molecular complexity index is 1140. The molecule has 1 atom stereocenters. The minimum Gasteiger partial charge on any atom is -0.483 e. The monoisotopic (exact) mass is 553 g/mol. The maximum Gasteiger partial charge on any atom is 0.290 e.